The van der Waals surface area contributed by atoms with E-state index in [2.05, 4.69) is 12.6 Å². The van der Waals surface area contributed by atoms with Gasteiger partial charge < -0.3 is 13.3 Å². The lowest BCUT2D eigenvalue weighted by Crippen LogP contribution is -2.61. The third-order valence-corrected chi connectivity index (χ3v) is 7.05. The Morgan fingerprint density at radius 1 is 0.600 bits per heavy atom. The summed E-state index contributed by atoms with van der Waals surface area (Å²) in [6.45, 7) is 1.93. The van der Waals surface area contributed by atoms with Crippen LogP contribution in [0.25, 0.3) is 0 Å². The standard InChI is InChI=1S/C20H20O3SSi/c1-17(24)25(21-18-11-5-2-6-12-18,22-19-13-7-3-8-14-19)23-20-15-9-4-10-16-20/h2-17,24H,1H3. The van der Waals surface area contributed by atoms with E-state index in [1.165, 1.54) is 0 Å². The van der Waals surface area contributed by atoms with E-state index in [1.807, 2.05) is 97.9 Å². The average Bonchev–Trinajstić information content (AvgIpc) is 2.64. The molecule has 0 spiro atoms. The van der Waals surface area contributed by atoms with Gasteiger partial charge in [0.15, 0.2) is 0 Å². The first-order valence-corrected chi connectivity index (χ1v) is 10.4. The Morgan fingerprint density at radius 2 is 0.880 bits per heavy atom. The highest BCUT2D eigenvalue weighted by Crippen LogP contribution is 2.27. The largest absolute Gasteiger partial charge is 0.712 e. The first kappa shape index (κ1) is 17.4. The van der Waals surface area contributed by atoms with Crippen LogP contribution in [0.5, 0.6) is 17.2 Å². The van der Waals surface area contributed by atoms with Crippen molar-refractivity contribution in [2.45, 2.75) is 11.8 Å². The maximum absolute atomic E-state index is 6.29. The molecule has 3 aromatic rings. The van der Waals surface area contributed by atoms with E-state index in [0.29, 0.717) is 17.2 Å². The summed E-state index contributed by atoms with van der Waals surface area (Å²) < 4.78 is 18.9. The van der Waals surface area contributed by atoms with E-state index in [0.717, 1.165) is 0 Å². The van der Waals surface area contributed by atoms with Gasteiger partial charge in [-0.25, -0.2) is 0 Å². The first-order chi connectivity index (χ1) is 12.2. The van der Waals surface area contributed by atoms with Crippen molar-refractivity contribution < 1.29 is 13.3 Å². The zero-order chi connectivity index (χ0) is 17.5. The molecule has 0 radical (unpaired) electrons. The number of thiol groups is 1. The van der Waals surface area contributed by atoms with E-state index in [4.69, 9.17) is 13.3 Å². The number of hydrogen-bond acceptors (Lipinski definition) is 4. The first-order valence-electron chi connectivity index (χ1n) is 8.08. The molecule has 128 valence electrons. The smallest absolute Gasteiger partial charge is 0.483 e. The van der Waals surface area contributed by atoms with Crippen LogP contribution in [0.4, 0.5) is 0 Å². The van der Waals surface area contributed by atoms with Crippen LogP contribution in [0.3, 0.4) is 0 Å². The summed E-state index contributed by atoms with van der Waals surface area (Å²) in [6, 6.07) is 28.7. The van der Waals surface area contributed by atoms with Gasteiger partial charge in [-0.3, -0.25) is 0 Å². The number of rotatable bonds is 7. The lowest BCUT2D eigenvalue weighted by Gasteiger charge is -2.32. The molecule has 0 saturated heterocycles. The summed E-state index contributed by atoms with van der Waals surface area (Å²) in [6.07, 6.45) is 0. The number of para-hydroxylation sites is 3. The highest BCUT2D eigenvalue weighted by atomic mass is 32.1. The van der Waals surface area contributed by atoms with Gasteiger partial charge in [0, 0.05) is 0 Å². The minimum Gasteiger partial charge on any atom is -0.483 e. The summed E-state index contributed by atoms with van der Waals surface area (Å²) in [7, 11) is -3.23. The fourth-order valence-corrected chi connectivity index (χ4v) is 4.78. The molecule has 1 atom stereocenters. The van der Waals surface area contributed by atoms with Gasteiger partial charge in [0.25, 0.3) is 0 Å². The fraction of sp³-hybridized carbons (Fsp3) is 0.100. The minimum absolute atomic E-state index is 0.242. The van der Waals surface area contributed by atoms with Crippen molar-refractivity contribution in [3.63, 3.8) is 0 Å². The van der Waals surface area contributed by atoms with E-state index in [-0.39, 0.29) is 4.87 Å². The molecule has 0 aliphatic heterocycles. The number of hydrogen-bond donors (Lipinski definition) is 1. The lowest BCUT2D eigenvalue weighted by atomic mass is 10.3. The van der Waals surface area contributed by atoms with Gasteiger partial charge in [-0.2, -0.15) is 12.6 Å². The topological polar surface area (TPSA) is 27.7 Å². The van der Waals surface area contributed by atoms with Crippen molar-refractivity contribution in [2.75, 3.05) is 0 Å². The van der Waals surface area contributed by atoms with Crippen molar-refractivity contribution in [3.05, 3.63) is 91.0 Å². The molecule has 0 heterocycles. The van der Waals surface area contributed by atoms with Crippen molar-refractivity contribution >= 4 is 21.4 Å². The van der Waals surface area contributed by atoms with Gasteiger partial charge in [-0.05, 0) is 43.3 Å². The zero-order valence-corrected chi connectivity index (χ0v) is 15.8. The van der Waals surface area contributed by atoms with Crippen LogP contribution >= 0.6 is 12.6 Å². The molecule has 3 rings (SSSR count). The Labute approximate surface area is 155 Å². The molecule has 0 aliphatic rings. The van der Waals surface area contributed by atoms with Crippen LogP contribution in [-0.2, 0) is 0 Å². The van der Waals surface area contributed by atoms with Crippen LogP contribution in [0.15, 0.2) is 91.0 Å². The van der Waals surface area contributed by atoms with Crippen molar-refractivity contribution in [1.82, 2.24) is 0 Å². The van der Waals surface area contributed by atoms with E-state index in [9.17, 15) is 0 Å². The maximum Gasteiger partial charge on any atom is 0.712 e. The molecule has 0 amide bonds. The highest BCUT2D eigenvalue weighted by Gasteiger charge is 2.54. The van der Waals surface area contributed by atoms with Crippen LogP contribution in [-0.4, -0.2) is 13.7 Å². The predicted molar refractivity (Wildman–Crippen MR) is 105 cm³/mol. The van der Waals surface area contributed by atoms with E-state index in [1.54, 1.807) is 0 Å². The van der Waals surface area contributed by atoms with Crippen molar-refractivity contribution in [2.24, 2.45) is 0 Å². The quantitative estimate of drug-likeness (QED) is 0.469. The normalized spacial score (nSPS) is 12.2. The molecule has 3 aromatic carbocycles. The third kappa shape index (κ3) is 4.58. The molecular weight excluding hydrogens is 348 g/mol. The highest BCUT2D eigenvalue weighted by molar-refractivity contribution is 7.83. The maximum atomic E-state index is 6.29. The van der Waals surface area contributed by atoms with E-state index < -0.39 is 8.80 Å². The molecule has 0 aliphatic carbocycles. The summed E-state index contributed by atoms with van der Waals surface area (Å²) in [4.78, 5) is -0.242. The third-order valence-electron chi connectivity index (χ3n) is 3.52. The second-order valence-corrected chi connectivity index (χ2v) is 9.47. The van der Waals surface area contributed by atoms with Gasteiger partial charge in [-0.1, -0.05) is 54.6 Å². The molecule has 25 heavy (non-hydrogen) atoms. The average molecular weight is 369 g/mol. The molecule has 5 heteroatoms. The zero-order valence-electron chi connectivity index (χ0n) is 13.9. The molecular formula is C20H20O3SSi. The van der Waals surface area contributed by atoms with Gasteiger partial charge in [-0.15, -0.1) is 0 Å². The molecule has 0 fully saturated rings. The molecule has 0 N–H and O–H groups in total. The molecule has 0 bridgehead atoms. The summed E-state index contributed by atoms with van der Waals surface area (Å²) >= 11 is 4.66. The van der Waals surface area contributed by atoms with Gasteiger partial charge in [0.1, 0.15) is 22.1 Å². The summed E-state index contributed by atoms with van der Waals surface area (Å²) in [5.74, 6) is 2.09. The van der Waals surface area contributed by atoms with Gasteiger partial charge in [0.2, 0.25) is 0 Å². The minimum atomic E-state index is -3.23. The Balaban J connectivity index is 1.97. The number of benzene rings is 3. The van der Waals surface area contributed by atoms with Gasteiger partial charge in [0.05, 0.1) is 0 Å². The SMILES string of the molecule is CC(S)[Si](Oc1ccccc1)(Oc1ccccc1)Oc1ccccc1. The molecule has 0 aromatic heterocycles. The van der Waals surface area contributed by atoms with Crippen molar-refractivity contribution in [1.29, 1.82) is 0 Å². The Hall–Kier alpha value is -2.37. The van der Waals surface area contributed by atoms with Gasteiger partial charge >= 0.3 is 8.80 Å². The molecule has 3 nitrogen and oxygen atoms in total. The second kappa shape index (κ2) is 8.14. The Morgan fingerprint density at radius 3 is 1.12 bits per heavy atom. The second-order valence-electron chi connectivity index (χ2n) is 5.52. The van der Waals surface area contributed by atoms with Crippen LogP contribution < -0.4 is 13.3 Å². The van der Waals surface area contributed by atoms with Crippen LogP contribution in [0, 0.1) is 0 Å². The lowest BCUT2D eigenvalue weighted by molar-refractivity contribution is 0.260. The summed E-state index contributed by atoms with van der Waals surface area (Å²) in [5, 5.41) is 0. The van der Waals surface area contributed by atoms with Crippen LogP contribution in [0.1, 0.15) is 6.92 Å². The molecule has 1 unspecified atom stereocenters. The van der Waals surface area contributed by atoms with Crippen LogP contribution in [0.2, 0.25) is 0 Å². The Kier molecular flexibility index (Phi) is 5.68. The monoisotopic (exact) mass is 368 g/mol. The van der Waals surface area contributed by atoms with Crippen molar-refractivity contribution in [3.8, 4) is 17.2 Å². The fourth-order valence-electron chi connectivity index (χ4n) is 2.28. The summed E-state index contributed by atoms with van der Waals surface area (Å²) in [5.41, 5.74) is 0. The predicted octanol–water partition coefficient (Wildman–Crippen LogP) is 5.02. The van der Waals surface area contributed by atoms with E-state index >= 15 is 0 Å². The molecule has 0 saturated carbocycles. The Bertz CT molecular complexity index is 665.